The largest absolute Gasteiger partial charge is 0.493 e. The molecule has 1 aromatic carbocycles. The predicted molar refractivity (Wildman–Crippen MR) is 87.7 cm³/mol. The normalized spacial score (nSPS) is 10.5. The molecule has 106 valence electrons. The van der Waals surface area contributed by atoms with E-state index in [4.69, 9.17) is 9.47 Å². The Labute approximate surface area is 124 Å². The van der Waals surface area contributed by atoms with Crippen LogP contribution in [0.2, 0.25) is 0 Å². The Balaban J connectivity index is 2.92. The second kappa shape index (κ2) is 9.21. The van der Waals surface area contributed by atoms with Gasteiger partial charge in [-0.05, 0) is 29.2 Å². The molecule has 2 nitrogen and oxygen atoms in total. The Morgan fingerprint density at radius 2 is 1.89 bits per heavy atom. The third kappa shape index (κ3) is 5.03. The molecule has 0 fully saturated rings. The van der Waals surface area contributed by atoms with Crippen molar-refractivity contribution in [3.05, 3.63) is 36.4 Å². The molecule has 0 aromatic heterocycles. The first-order chi connectivity index (χ1) is 9.26. The van der Waals surface area contributed by atoms with Crippen molar-refractivity contribution in [2.75, 3.05) is 25.2 Å². The van der Waals surface area contributed by atoms with Crippen LogP contribution in [-0.4, -0.2) is 25.2 Å². The lowest BCUT2D eigenvalue weighted by atomic mass is 10.2. The first-order valence-corrected chi connectivity index (χ1v) is 8.51. The number of benzene rings is 1. The SMILES string of the molecule is C=CCOc1ccc(C(SCC)SCC)cc1OC. The quantitative estimate of drug-likeness (QED) is 0.483. The molecule has 0 bridgehead atoms. The van der Waals surface area contributed by atoms with Gasteiger partial charge in [0.25, 0.3) is 0 Å². The fourth-order valence-corrected chi connectivity index (χ4v) is 4.13. The molecule has 0 aliphatic heterocycles. The number of methoxy groups -OCH3 is 1. The predicted octanol–water partition coefficient (Wildman–Crippen LogP) is 4.76. The third-order valence-corrected chi connectivity index (χ3v) is 5.09. The van der Waals surface area contributed by atoms with Gasteiger partial charge < -0.3 is 9.47 Å². The lowest BCUT2D eigenvalue weighted by Gasteiger charge is -2.17. The van der Waals surface area contributed by atoms with Gasteiger partial charge in [0.2, 0.25) is 0 Å². The maximum absolute atomic E-state index is 5.58. The van der Waals surface area contributed by atoms with E-state index >= 15 is 0 Å². The minimum absolute atomic E-state index is 0.456. The van der Waals surface area contributed by atoms with Crippen molar-refractivity contribution in [3.63, 3.8) is 0 Å². The van der Waals surface area contributed by atoms with Crippen LogP contribution in [0.15, 0.2) is 30.9 Å². The molecule has 0 saturated carbocycles. The Morgan fingerprint density at radius 1 is 1.21 bits per heavy atom. The summed E-state index contributed by atoms with van der Waals surface area (Å²) in [5.74, 6) is 3.77. The molecule has 0 amide bonds. The summed E-state index contributed by atoms with van der Waals surface area (Å²) < 4.78 is 11.4. The fourth-order valence-electron chi connectivity index (χ4n) is 1.64. The van der Waals surface area contributed by atoms with Crippen molar-refractivity contribution in [2.45, 2.75) is 18.4 Å². The Morgan fingerprint density at radius 3 is 2.42 bits per heavy atom. The smallest absolute Gasteiger partial charge is 0.161 e. The lowest BCUT2D eigenvalue weighted by Crippen LogP contribution is -1.98. The van der Waals surface area contributed by atoms with E-state index in [0.29, 0.717) is 11.2 Å². The molecular weight excluding hydrogens is 276 g/mol. The molecule has 0 aliphatic carbocycles. The summed E-state index contributed by atoms with van der Waals surface area (Å²) in [6.45, 7) is 8.52. The van der Waals surface area contributed by atoms with Crippen LogP contribution in [0, 0.1) is 0 Å². The molecule has 0 saturated heterocycles. The van der Waals surface area contributed by atoms with Gasteiger partial charge >= 0.3 is 0 Å². The highest BCUT2D eigenvalue weighted by molar-refractivity contribution is 8.16. The van der Waals surface area contributed by atoms with Crippen LogP contribution in [0.3, 0.4) is 0 Å². The van der Waals surface area contributed by atoms with E-state index in [2.05, 4.69) is 32.6 Å². The van der Waals surface area contributed by atoms with Crippen molar-refractivity contribution in [1.82, 2.24) is 0 Å². The molecule has 0 N–H and O–H groups in total. The molecule has 19 heavy (non-hydrogen) atoms. The summed E-state index contributed by atoms with van der Waals surface area (Å²) in [6, 6.07) is 6.18. The molecular formula is C15H22O2S2. The Kier molecular flexibility index (Phi) is 7.91. The summed E-state index contributed by atoms with van der Waals surface area (Å²) in [5, 5.41) is 0. The maximum Gasteiger partial charge on any atom is 0.161 e. The van der Waals surface area contributed by atoms with E-state index in [1.807, 2.05) is 29.6 Å². The molecule has 4 heteroatoms. The second-order valence-electron chi connectivity index (χ2n) is 3.75. The summed E-state index contributed by atoms with van der Waals surface area (Å²) in [4.78, 5) is 0. The van der Waals surface area contributed by atoms with Gasteiger partial charge in [-0.3, -0.25) is 0 Å². The van der Waals surface area contributed by atoms with Crippen molar-refractivity contribution in [1.29, 1.82) is 0 Å². The van der Waals surface area contributed by atoms with E-state index in [1.165, 1.54) is 5.56 Å². The van der Waals surface area contributed by atoms with Crippen LogP contribution in [0.25, 0.3) is 0 Å². The fraction of sp³-hybridized carbons (Fsp3) is 0.467. The molecule has 1 aromatic rings. The minimum atomic E-state index is 0.456. The maximum atomic E-state index is 5.58. The van der Waals surface area contributed by atoms with Crippen LogP contribution in [0.5, 0.6) is 11.5 Å². The summed E-state index contributed by atoms with van der Waals surface area (Å²) in [5.41, 5.74) is 1.28. The molecule has 1 rings (SSSR count). The van der Waals surface area contributed by atoms with Gasteiger partial charge in [0, 0.05) is 0 Å². The van der Waals surface area contributed by atoms with Gasteiger partial charge in [0.1, 0.15) is 6.61 Å². The zero-order valence-electron chi connectivity index (χ0n) is 11.8. The highest BCUT2D eigenvalue weighted by atomic mass is 32.2. The summed E-state index contributed by atoms with van der Waals surface area (Å²) in [6.07, 6.45) is 1.73. The lowest BCUT2D eigenvalue weighted by molar-refractivity contribution is 0.326. The molecule has 0 heterocycles. The minimum Gasteiger partial charge on any atom is -0.493 e. The first kappa shape index (κ1) is 16.3. The van der Waals surface area contributed by atoms with Crippen LogP contribution in [-0.2, 0) is 0 Å². The van der Waals surface area contributed by atoms with Gasteiger partial charge in [0.05, 0.1) is 11.7 Å². The molecule has 0 spiro atoms. The Bertz CT molecular complexity index is 388. The number of hydrogen-bond acceptors (Lipinski definition) is 4. The van der Waals surface area contributed by atoms with Crippen molar-refractivity contribution < 1.29 is 9.47 Å². The van der Waals surface area contributed by atoms with Crippen LogP contribution in [0.1, 0.15) is 24.0 Å². The average molecular weight is 298 g/mol. The second-order valence-corrected chi connectivity index (χ2v) is 6.82. The van der Waals surface area contributed by atoms with Crippen molar-refractivity contribution in [3.8, 4) is 11.5 Å². The topological polar surface area (TPSA) is 18.5 Å². The third-order valence-electron chi connectivity index (χ3n) is 2.45. The number of rotatable bonds is 9. The molecule has 0 aliphatic rings. The molecule has 0 unspecified atom stereocenters. The number of thioether (sulfide) groups is 2. The highest BCUT2D eigenvalue weighted by Crippen LogP contribution is 2.42. The van der Waals surface area contributed by atoms with Gasteiger partial charge in [-0.25, -0.2) is 0 Å². The zero-order valence-corrected chi connectivity index (χ0v) is 13.5. The number of hydrogen-bond donors (Lipinski definition) is 0. The van der Waals surface area contributed by atoms with E-state index in [1.54, 1.807) is 13.2 Å². The Hall–Kier alpha value is -0.740. The zero-order chi connectivity index (χ0) is 14.1. The average Bonchev–Trinajstić information content (AvgIpc) is 2.44. The standard InChI is InChI=1S/C15H22O2S2/c1-5-10-17-13-9-8-12(11-14(13)16-4)15(18-6-2)19-7-3/h5,8-9,11,15H,1,6-7,10H2,2-4H3. The van der Waals surface area contributed by atoms with Crippen LogP contribution < -0.4 is 9.47 Å². The first-order valence-electron chi connectivity index (χ1n) is 6.41. The van der Waals surface area contributed by atoms with Crippen molar-refractivity contribution >= 4 is 23.5 Å². The van der Waals surface area contributed by atoms with Gasteiger partial charge in [-0.15, -0.1) is 23.5 Å². The monoisotopic (exact) mass is 298 g/mol. The van der Waals surface area contributed by atoms with E-state index in [0.717, 1.165) is 23.0 Å². The molecule has 0 radical (unpaired) electrons. The van der Waals surface area contributed by atoms with Crippen molar-refractivity contribution in [2.24, 2.45) is 0 Å². The van der Waals surface area contributed by atoms with E-state index in [-0.39, 0.29) is 0 Å². The van der Waals surface area contributed by atoms with Gasteiger partial charge in [-0.1, -0.05) is 32.6 Å². The number of ether oxygens (including phenoxy) is 2. The summed E-state index contributed by atoms with van der Waals surface area (Å²) >= 11 is 3.89. The van der Waals surface area contributed by atoms with Gasteiger partial charge in [-0.2, -0.15) is 0 Å². The van der Waals surface area contributed by atoms with E-state index < -0.39 is 0 Å². The van der Waals surface area contributed by atoms with E-state index in [9.17, 15) is 0 Å². The van der Waals surface area contributed by atoms with Crippen LogP contribution >= 0.6 is 23.5 Å². The summed E-state index contributed by atoms with van der Waals surface area (Å²) in [7, 11) is 1.68. The van der Waals surface area contributed by atoms with Gasteiger partial charge in [0.15, 0.2) is 11.5 Å². The molecule has 0 atom stereocenters. The van der Waals surface area contributed by atoms with Crippen LogP contribution in [0.4, 0.5) is 0 Å². The highest BCUT2D eigenvalue weighted by Gasteiger charge is 2.14.